The Balaban J connectivity index is 2.60. The van der Waals surface area contributed by atoms with E-state index in [2.05, 4.69) is 109 Å². The highest BCUT2D eigenvalue weighted by molar-refractivity contribution is 5.47. The van der Waals surface area contributed by atoms with Gasteiger partial charge in [0.25, 0.3) is 0 Å². The van der Waals surface area contributed by atoms with E-state index in [4.69, 9.17) is 0 Å². The molecule has 0 radical (unpaired) electrons. The summed E-state index contributed by atoms with van der Waals surface area (Å²) >= 11 is 0. The largest absolute Gasteiger partial charge is 0.507 e. The lowest BCUT2D eigenvalue weighted by Gasteiger charge is -2.28. The van der Waals surface area contributed by atoms with Gasteiger partial charge in [0.05, 0.1) is 84.6 Å². The first-order chi connectivity index (χ1) is 15.6. The molecule has 0 aliphatic heterocycles. The third kappa shape index (κ3) is 9.80. The lowest BCUT2D eigenvalue weighted by molar-refractivity contribution is -0.884. The summed E-state index contributed by atoms with van der Waals surface area (Å²) in [5, 5.41) is 22.3. The summed E-state index contributed by atoms with van der Waals surface area (Å²) in [5.74, 6) is 0.856. The number of quaternary nitrogens is 4. The van der Waals surface area contributed by atoms with Gasteiger partial charge in [-0.3, -0.25) is 0 Å². The van der Waals surface area contributed by atoms with Crippen molar-refractivity contribution < 1.29 is 28.1 Å². The highest BCUT2D eigenvalue weighted by Crippen LogP contribution is 2.32. The van der Waals surface area contributed by atoms with Crippen LogP contribution in [0.15, 0.2) is 24.3 Å². The molecule has 0 saturated carbocycles. The first-order valence-electron chi connectivity index (χ1n) is 12.5. The molecule has 2 aromatic rings. The van der Waals surface area contributed by atoms with Gasteiger partial charge in [0.1, 0.15) is 37.7 Å². The van der Waals surface area contributed by atoms with E-state index in [0.29, 0.717) is 11.5 Å². The predicted molar refractivity (Wildman–Crippen MR) is 146 cm³/mol. The van der Waals surface area contributed by atoms with Crippen LogP contribution in [-0.4, -0.2) is 113 Å². The molecule has 0 unspecified atom stereocenters. The summed E-state index contributed by atoms with van der Waals surface area (Å²) in [6.07, 6.45) is 0.767. The van der Waals surface area contributed by atoms with Gasteiger partial charge in [-0.25, -0.2) is 0 Å². The second-order valence-electron chi connectivity index (χ2n) is 14.5. The number of nitrogens with zero attached hydrogens (tertiary/aromatic N) is 4. The lowest BCUT2D eigenvalue weighted by atomic mass is 9.94. The van der Waals surface area contributed by atoms with E-state index in [0.717, 1.165) is 72.8 Å². The molecule has 6 heteroatoms. The van der Waals surface area contributed by atoms with Gasteiger partial charge in [0.2, 0.25) is 0 Å². The minimum atomic E-state index is 0.428. The highest BCUT2D eigenvalue weighted by Gasteiger charge is 2.23. The van der Waals surface area contributed by atoms with Crippen LogP contribution in [0.4, 0.5) is 0 Å². The zero-order valence-corrected chi connectivity index (χ0v) is 24.5. The average Bonchev–Trinajstić information content (AvgIpc) is 2.58. The monoisotopic (exact) mass is 488 g/mol. The van der Waals surface area contributed by atoms with E-state index >= 15 is 0 Å². The average molecular weight is 489 g/mol. The molecule has 6 nitrogen and oxygen atoms in total. The number of rotatable bonds is 10. The van der Waals surface area contributed by atoms with Gasteiger partial charge in [0, 0.05) is 22.3 Å². The van der Waals surface area contributed by atoms with E-state index in [-0.39, 0.29) is 0 Å². The van der Waals surface area contributed by atoms with E-state index in [1.807, 2.05) is 0 Å². The molecular weight excluding hydrogens is 436 g/mol. The first kappa shape index (κ1) is 29.1. The van der Waals surface area contributed by atoms with Crippen LogP contribution >= 0.6 is 0 Å². The zero-order chi connectivity index (χ0) is 27.0. The smallest absolute Gasteiger partial charge is 0.133 e. The molecule has 0 heterocycles. The molecule has 0 aliphatic carbocycles. The second kappa shape index (κ2) is 10.1. The van der Waals surface area contributed by atoms with E-state index in [1.165, 1.54) is 11.1 Å². The van der Waals surface area contributed by atoms with Crippen LogP contribution in [-0.2, 0) is 32.6 Å². The lowest BCUT2D eigenvalue weighted by Crippen LogP contribution is -2.35. The van der Waals surface area contributed by atoms with E-state index < -0.39 is 0 Å². The molecule has 0 spiro atoms. The van der Waals surface area contributed by atoms with Gasteiger partial charge in [-0.1, -0.05) is 0 Å². The summed E-state index contributed by atoms with van der Waals surface area (Å²) in [4.78, 5) is 0. The molecule has 0 amide bonds. The van der Waals surface area contributed by atoms with Crippen molar-refractivity contribution in [2.24, 2.45) is 0 Å². The van der Waals surface area contributed by atoms with Crippen LogP contribution < -0.4 is 0 Å². The maximum absolute atomic E-state index is 11.1. The Labute approximate surface area is 214 Å². The second-order valence-corrected chi connectivity index (χ2v) is 14.5. The first-order valence-corrected chi connectivity index (χ1v) is 12.5. The van der Waals surface area contributed by atoms with Crippen LogP contribution in [0.2, 0.25) is 0 Å². The quantitative estimate of drug-likeness (QED) is 0.503. The van der Waals surface area contributed by atoms with Gasteiger partial charge >= 0.3 is 0 Å². The van der Waals surface area contributed by atoms with Crippen LogP contribution in [0.5, 0.6) is 11.5 Å². The Morgan fingerprint density at radius 1 is 0.429 bits per heavy atom. The standard InChI is InChI=1S/C29H50N4O2/c1-30(2,3)18-24-14-22(15-25(28(24)34)19-31(4,5)6)13-23-16-26(20-32(7,8)9)29(35)27(17-23)21-33(10,11)12/h14-17H,13,18-21H2,1-12H3/q+2/p+2. The molecule has 0 saturated heterocycles. The summed E-state index contributed by atoms with van der Waals surface area (Å²) in [6, 6.07) is 8.68. The fourth-order valence-electron chi connectivity index (χ4n) is 4.63. The third-order valence-corrected chi connectivity index (χ3v) is 5.64. The van der Waals surface area contributed by atoms with Crippen molar-refractivity contribution in [2.45, 2.75) is 32.6 Å². The predicted octanol–water partition coefficient (Wildman–Crippen LogP) is 3.51. The van der Waals surface area contributed by atoms with Gasteiger partial charge in [-0.15, -0.1) is 0 Å². The molecule has 0 atom stereocenters. The van der Waals surface area contributed by atoms with E-state index in [9.17, 15) is 10.2 Å². The molecule has 2 N–H and O–H groups in total. The molecule has 2 aromatic carbocycles. The van der Waals surface area contributed by atoms with Crippen LogP contribution in [0.25, 0.3) is 0 Å². The molecule has 0 aromatic heterocycles. The topological polar surface area (TPSA) is 40.5 Å². The molecule has 0 bridgehead atoms. The summed E-state index contributed by atoms with van der Waals surface area (Å²) in [6.45, 7) is 3.05. The third-order valence-electron chi connectivity index (χ3n) is 5.64. The molecule has 35 heavy (non-hydrogen) atoms. The molecular formula is C29H52N4O2+4. The zero-order valence-electron chi connectivity index (χ0n) is 24.5. The van der Waals surface area contributed by atoms with Crippen LogP contribution in [0, 0.1) is 0 Å². The number of aromatic hydroxyl groups is 2. The van der Waals surface area contributed by atoms with Crippen molar-refractivity contribution >= 4 is 0 Å². The highest BCUT2D eigenvalue weighted by atomic mass is 16.3. The van der Waals surface area contributed by atoms with Crippen molar-refractivity contribution in [3.05, 3.63) is 57.6 Å². The molecule has 2 rings (SSSR count). The fraction of sp³-hybridized carbons (Fsp3) is 0.586. The van der Waals surface area contributed by atoms with Gasteiger partial charge < -0.3 is 28.1 Å². The number of hydrogen-bond acceptors (Lipinski definition) is 2. The van der Waals surface area contributed by atoms with Crippen molar-refractivity contribution in [3.63, 3.8) is 0 Å². The molecule has 0 aliphatic rings. The maximum Gasteiger partial charge on any atom is 0.133 e. The summed E-state index contributed by atoms with van der Waals surface area (Å²) < 4.78 is 3.01. The number of hydrogen-bond donors (Lipinski definition) is 2. The Morgan fingerprint density at radius 3 is 0.800 bits per heavy atom. The van der Waals surface area contributed by atoms with Gasteiger partial charge in [-0.05, 0) is 41.8 Å². The fourth-order valence-corrected chi connectivity index (χ4v) is 4.63. The number of phenols is 2. The van der Waals surface area contributed by atoms with Crippen LogP contribution in [0.3, 0.4) is 0 Å². The Bertz CT molecular complexity index is 875. The molecule has 0 fully saturated rings. The normalized spacial score (nSPS) is 13.4. The minimum absolute atomic E-state index is 0.428. The van der Waals surface area contributed by atoms with Crippen LogP contribution in [0.1, 0.15) is 33.4 Å². The molecule has 196 valence electrons. The van der Waals surface area contributed by atoms with Gasteiger partial charge in [0.15, 0.2) is 0 Å². The van der Waals surface area contributed by atoms with Crippen molar-refractivity contribution in [2.75, 3.05) is 84.6 Å². The summed E-state index contributed by atoms with van der Waals surface area (Å²) in [5.41, 5.74) is 6.39. The Kier molecular flexibility index (Phi) is 8.40. The number of phenolic OH excluding ortho intramolecular Hbond substituents is 2. The maximum atomic E-state index is 11.1. The van der Waals surface area contributed by atoms with E-state index in [1.54, 1.807) is 0 Å². The number of benzene rings is 2. The van der Waals surface area contributed by atoms with Crippen molar-refractivity contribution in [3.8, 4) is 11.5 Å². The minimum Gasteiger partial charge on any atom is -0.507 e. The van der Waals surface area contributed by atoms with Crippen molar-refractivity contribution in [1.82, 2.24) is 0 Å². The Morgan fingerprint density at radius 2 is 0.629 bits per heavy atom. The van der Waals surface area contributed by atoms with Gasteiger partial charge in [-0.2, -0.15) is 0 Å². The van der Waals surface area contributed by atoms with Crippen molar-refractivity contribution in [1.29, 1.82) is 0 Å². The summed E-state index contributed by atoms with van der Waals surface area (Å²) in [7, 11) is 25.8. The Hall–Kier alpha value is -2.12. The SMILES string of the molecule is C[N+](C)(C)Cc1cc(Cc2cc(C[N+](C)(C)C)c(O)c(C[N+](C)(C)C)c2)cc(C[N+](C)(C)C)c1O.